The molecule has 0 saturated carbocycles. The van der Waals surface area contributed by atoms with Gasteiger partial charge in [0.05, 0.1) is 25.3 Å². The Morgan fingerprint density at radius 1 is 0.906 bits per heavy atom. The van der Waals surface area contributed by atoms with Crippen LogP contribution in [0.1, 0.15) is 17.5 Å². The average molecular weight is 434 g/mol. The summed E-state index contributed by atoms with van der Waals surface area (Å²) in [6.07, 6.45) is 0.865. The maximum absolute atomic E-state index is 9.86. The maximum Gasteiger partial charge on any atom is 0.231 e. The lowest BCUT2D eigenvalue weighted by Gasteiger charge is -2.16. The van der Waals surface area contributed by atoms with Gasteiger partial charge in [-0.3, -0.25) is 0 Å². The summed E-state index contributed by atoms with van der Waals surface area (Å²) in [6, 6.07) is 11.8. The predicted molar refractivity (Wildman–Crippen MR) is 123 cm³/mol. The van der Waals surface area contributed by atoms with Crippen LogP contribution in [-0.2, 0) is 13.2 Å². The Hall–Kier alpha value is -3.13. The molecule has 5 rings (SSSR count). The number of hydrogen-bond acceptors (Lipinski definition) is 7. The monoisotopic (exact) mass is 434 g/mol. The van der Waals surface area contributed by atoms with Crippen molar-refractivity contribution in [2.24, 2.45) is 0 Å². The van der Waals surface area contributed by atoms with Gasteiger partial charge in [0.1, 0.15) is 0 Å². The summed E-state index contributed by atoms with van der Waals surface area (Å²) in [4.78, 5) is 7.04. The van der Waals surface area contributed by atoms with Crippen molar-refractivity contribution < 1.29 is 24.4 Å². The number of aliphatic hydroxyl groups excluding tert-OH is 2. The van der Waals surface area contributed by atoms with Gasteiger partial charge in [-0.15, -0.1) is 0 Å². The van der Waals surface area contributed by atoms with Gasteiger partial charge in [0.2, 0.25) is 12.7 Å². The highest BCUT2D eigenvalue weighted by atomic mass is 16.7. The lowest BCUT2D eigenvalue weighted by molar-refractivity contribution is 0.174. The van der Waals surface area contributed by atoms with E-state index >= 15 is 0 Å². The van der Waals surface area contributed by atoms with E-state index in [1.807, 2.05) is 50.5 Å². The summed E-state index contributed by atoms with van der Waals surface area (Å²) < 4.78 is 17.3. The van der Waals surface area contributed by atoms with Gasteiger partial charge < -0.3 is 29.3 Å². The molecule has 166 valence electrons. The highest BCUT2D eigenvalue weighted by Crippen LogP contribution is 2.41. The molecule has 0 atom stereocenters. The third-order valence-corrected chi connectivity index (χ3v) is 5.89. The largest absolute Gasteiger partial charge is 0.477 e. The Morgan fingerprint density at radius 2 is 1.62 bits per heavy atom. The zero-order valence-corrected chi connectivity index (χ0v) is 18.2. The SMILES string of the molecule is CN(C)CCCOc1nc2c3cc4c(cc3ccc2c2cc(CO)c(CO)cc12)OCO4. The van der Waals surface area contributed by atoms with E-state index in [1.165, 1.54) is 0 Å². The van der Waals surface area contributed by atoms with Crippen LogP contribution in [0.2, 0.25) is 0 Å². The van der Waals surface area contributed by atoms with Crippen molar-refractivity contribution in [3.05, 3.63) is 47.5 Å². The van der Waals surface area contributed by atoms with Crippen LogP contribution in [0.4, 0.5) is 0 Å². The Balaban J connectivity index is 1.74. The normalized spacial score (nSPS) is 13.0. The second-order valence-corrected chi connectivity index (χ2v) is 8.29. The molecule has 4 aromatic rings. The smallest absolute Gasteiger partial charge is 0.231 e. The number of fused-ring (bicyclic) bond motifs is 6. The zero-order valence-electron chi connectivity index (χ0n) is 18.2. The molecule has 1 aliphatic heterocycles. The van der Waals surface area contributed by atoms with Crippen LogP contribution in [0.15, 0.2) is 36.4 Å². The number of benzene rings is 3. The molecule has 0 amide bonds. The van der Waals surface area contributed by atoms with Gasteiger partial charge >= 0.3 is 0 Å². The number of aliphatic hydroxyl groups is 2. The van der Waals surface area contributed by atoms with Crippen LogP contribution in [0.3, 0.4) is 0 Å². The highest BCUT2D eigenvalue weighted by Gasteiger charge is 2.19. The van der Waals surface area contributed by atoms with Crippen LogP contribution in [0.5, 0.6) is 17.4 Å². The summed E-state index contributed by atoms with van der Waals surface area (Å²) in [6.45, 7) is 1.34. The number of ether oxygens (including phenoxy) is 3. The van der Waals surface area contributed by atoms with E-state index in [0.717, 1.165) is 51.2 Å². The van der Waals surface area contributed by atoms with Crippen molar-refractivity contribution in [3.8, 4) is 17.4 Å². The molecular formula is C25H26N2O5. The molecule has 0 spiro atoms. The van der Waals surface area contributed by atoms with Crippen molar-refractivity contribution in [3.63, 3.8) is 0 Å². The van der Waals surface area contributed by atoms with E-state index in [1.54, 1.807) is 0 Å². The van der Waals surface area contributed by atoms with Gasteiger partial charge in [-0.2, -0.15) is 0 Å². The first-order chi connectivity index (χ1) is 15.6. The first kappa shape index (κ1) is 20.8. The van der Waals surface area contributed by atoms with E-state index in [4.69, 9.17) is 19.2 Å². The fraction of sp³-hybridized carbons (Fsp3) is 0.320. The van der Waals surface area contributed by atoms with Crippen LogP contribution in [-0.4, -0.2) is 54.1 Å². The molecule has 1 aromatic heterocycles. The minimum Gasteiger partial charge on any atom is -0.477 e. The van der Waals surface area contributed by atoms with E-state index in [2.05, 4.69) is 4.90 Å². The lowest BCUT2D eigenvalue weighted by Crippen LogP contribution is -2.15. The van der Waals surface area contributed by atoms with Crippen molar-refractivity contribution >= 4 is 32.4 Å². The maximum atomic E-state index is 9.86. The van der Waals surface area contributed by atoms with Crippen molar-refractivity contribution in [1.82, 2.24) is 9.88 Å². The lowest BCUT2D eigenvalue weighted by atomic mass is 9.97. The number of pyridine rings is 1. The van der Waals surface area contributed by atoms with Gasteiger partial charge in [0, 0.05) is 22.7 Å². The number of rotatable bonds is 7. The average Bonchev–Trinajstić information content (AvgIpc) is 3.26. The first-order valence-electron chi connectivity index (χ1n) is 10.7. The minimum atomic E-state index is -0.162. The summed E-state index contributed by atoms with van der Waals surface area (Å²) in [5.74, 6) is 1.95. The molecule has 0 radical (unpaired) electrons. The summed E-state index contributed by atoms with van der Waals surface area (Å²) >= 11 is 0. The van der Waals surface area contributed by atoms with Gasteiger partial charge in [0.15, 0.2) is 11.5 Å². The predicted octanol–water partition coefficient (Wildman–Crippen LogP) is 3.59. The van der Waals surface area contributed by atoms with Crippen LogP contribution in [0.25, 0.3) is 32.4 Å². The highest BCUT2D eigenvalue weighted by molar-refractivity contribution is 6.17. The molecule has 32 heavy (non-hydrogen) atoms. The second kappa shape index (κ2) is 8.43. The Bertz CT molecular complexity index is 1320. The Kier molecular flexibility index (Phi) is 5.46. The second-order valence-electron chi connectivity index (χ2n) is 8.29. The third-order valence-electron chi connectivity index (χ3n) is 5.89. The molecular weight excluding hydrogens is 408 g/mol. The molecule has 0 unspecified atom stereocenters. The molecule has 7 nitrogen and oxygen atoms in total. The minimum absolute atomic E-state index is 0.152. The molecule has 3 aromatic carbocycles. The molecule has 2 N–H and O–H groups in total. The number of nitrogens with zero attached hydrogens (tertiary/aromatic N) is 2. The van der Waals surface area contributed by atoms with E-state index in [-0.39, 0.29) is 20.0 Å². The Labute approximate surface area is 185 Å². The van der Waals surface area contributed by atoms with Gasteiger partial charge in [-0.05, 0) is 66.7 Å². The summed E-state index contributed by atoms with van der Waals surface area (Å²) in [7, 11) is 4.06. The molecule has 2 heterocycles. The molecule has 0 fully saturated rings. The van der Waals surface area contributed by atoms with Gasteiger partial charge in [0.25, 0.3) is 0 Å². The third kappa shape index (κ3) is 3.58. The Morgan fingerprint density at radius 3 is 2.34 bits per heavy atom. The van der Waals surface area contributed by atoms with Crippen LogP contribution >= 0.6 is 0 Å². The zero-order chi connectivity index (χ0) is 22.2. The van der Waals surface area contributed by atoms with E-state index in [0.29, 0.717) is 29.4 Å². The number of aromatic nitrogens is 1. The topological polar surface area (TPSA) is 84.3 Å². The molecule has 1 aliphatic rings. The molecule has 0 bridgehead atoms. The fourth-order valence-corrected chi connectivity index (χ4v) is 4.24. The standard InChI is InChI=1S/C25H26N2O5/c1-27(2)6-3-7-30-25-21-9-17(13-29)16(12-28)8-20(21)18-5-4-15-10-22-23(32-14-31-22)11-19(15)24(18)26-25/h4-5,8-11,28-29H,3,6-7,12-14H2,1-2H3. The van der Waals surface area contributed by atoms with Gasteiger partial charge in [-0.1, -0.05) is 12.1 Å². The molecule has 7 heteroatoms. The quantitative estimate of drug-likeness (QED) is 0.340. The first-order valence-corrected chi connectivity index (χ1v) is 10.7. The number of hydrogen-bond donors (Lipinski definition) is 2. The van der Waals surface area contributed by atoms with E-state index in [9.17, 15) is 10.2 Å². The van der Waals surface area contributed by atoms with Crippen molar-refractivity contribution in [2.75, 3.05) is 34.0 Å². The van der Waals surface area contributed by atoms with Gasteiger partial charge in [-0.25, -0.2) is 4.98 Å². The van der Waals surface area contributed by atoms with E-state index < -0.39 is 0 Å². The summed E-state index contributed by atoms with van der Waals surface area (Å²) in [5.41, 5.74) is 2.16. The summed E-state index contributed by atoms with van der Waals surface area (Å²) in [5, 5.41) is 24.3. The van der Waals surface area contributed by atoms with Crippen LogP contribution in [0, 0.1) is 0 Å². The van der Waals surface area contributed by atoms with Crippen molar-refractivity contribution in [2.45, 2.75) is 19.6 Å². The van der Waals surface area contributed by atoms with Crippen LogP contribution < -0.4 is 14.2 Å². The van der Waals surface area contributed by atoms with Crippen molar-refractivity contribution in [1.29, 1.82) is 0 Å². The molecule has 0 saturated heterocycles. The molecule has 0 aliphatic carbocycles. The fourth-order valence-electron chi connectivity index (χ4n) is 4.24.